The lowest BCUT2D eigenvalue weighted by Gasteiger charge is -2.23. The third kappa shape index (κ3) is 4.60. The highest BCUT2D eigenvalue weighted by molar-refractivity contribution is 4.98. The average Bonchev–Trinajstić information content (AvgIpc) is 2.67. The van der Waals surface area contributed by atoms with Gasteiger partial charge in [-0.2, -0.15) is 5.10 Å². The van der Waals surface area contributed by atoms with Gasteiger partial charge in [0.1, 0.15) is 0 Å². The van der Waals surface area contributed by atoms with Crippen molar-refractivity contribution in [2.45, 2.75) is 19.9 Å². The van der Waals surface area contributed by atoms with Gasteiger partial charge in [-0.25, -0.2) is 0 Å². The van der Waals surface area contributed by atoms with Crippen molar-refractivity contribution >= 4 is 0 Å². The van der Waals surface area contributed by atoms with Gasteiger partial charge in [0.25, 0.3) is 0 Å². The van der Waals surface area contributed by atoms with Gasteiger partial charge in [0.05, 0.1) is 5.69 Å². The molecule has 1 unspecified atom stereocenters. The Kier molecular flexibility index (Phi) is 5.36. The Morgan fingerprint density at radius 2 is 2.00 bits per heavy atom. The summed E-state index contributed by atoms with van der Waals surface area (Å²) in [7, 11) is 1.97. The zero-order chi connectivity index (χ0) is 13.7. The summed E-state index contributed by atoms with van der Waals surface area (Å²) in [5, 5.41) is 4.46. The SMILES string of the molecule is CC(CN)CN1CCCN(Cc2ccn(C)n2)CC1. The first-order valence-electron chi connectivity index (χ1n) is 7.30. The molecule has 2 rings (SSSR count). The summed E-state index contributed by atoms with van der Waals surface area (Å²) in [5.74, 6) is 0.599. The highest BCUT2D eigenvalue weighted by Gasteiger charge is 2.16. The normalized spacial score (nSPS) is 20.4. The van der Waals surface area contributed by atoms with Crippen LogP contribution < -0.4 is 5.73 Å². The highest BCUT2D eigenvalue weighted by atomic mass is 15.3. The van der Waals surface area contributed by atoms with Crippen LogP contribution in [0.5, 0.6) is 0 Å². The molecule has 0 radical (unpaired) electrons. The first-order valence-corrected chi connectivity index (χ1v) is 7.30. The van der Waals surface area contributed by atoms with E-state index in [1.165, 1.54) is 25.2 Å². The van der Waals surface area contributed by atoms with E-state index in [9.17, 15) is 0 Å². The van der Waals surface area contributed by atoms with Crippen LogP contribution in [0.1, 0.15) is 19.0 Å². The van der Waals surface area contributed by atoms with E-state index in [2.05, 4.69) is 27.9 Å². The van der Waals surface area contributed by atoms with E-state index in [4.69, 9.17) is 5.73 Å². The summed E-state index contributed by atoms with van der Waals surface area (Å²) in [6.07, 6.45) is 3.26. The maximum atomic E-state index is 5.71. The van der Waals surface area contributed by atoms with E-state index in [-0.39, 0.29) is 0 Å². The molecule has 0 bridgehead atoms. The maximum Gasteiger partial charge on any atom is 0.0764 e. The second-order valence-electron chi connectivity index (χ2n) is 5.75. The standard InChI is InChI=1S/C14H27N5/c1-13(10-15)11-18-5-3-6-19(9-8-18)12-14-4-7-17(2)16-14/h4,7,13H,3,5-6,8-12,15H2,1-2H3. The minimum absolute atomic E-state index is 0.599. The summed E-state index contributed by atoms with van der Waals surface area (Å²) in [5.41, 5.74) is 6.88. The fourth-order valence-electron chi connectivity index (χ4n) is 2.66. The van der Waals surface area contributed by atoms with Crippen LogP contribution in [-0.2, 0) is 13.6 Å². The van der Waals surface area contributed by atoms with E-state index >= 15 is 0 Å². The van der Waals surface area contributed by atoms with Crippen molar-refractivity contribution in [3.63, 3.8) is 0 Å². The van der Waals surface area contributed by atoms with Crippen LogP contribution in [0.4, 0.5) is 0 Å². The molecule has 0 spiro atoms. The van der Waals surface area contributed by atoms with Crippen LogP contribution in [0.15, 0.2) is 12.3 Å². The summed E-state index contributed by atoms with van der Waals surface area (Å²) < 4.78 is 1.88. The summed E-state index contributed by atoms with van der Waals surface area (Å²) in [4.78, 5) is 5.06. The molecule has 1 aliphatic rings. The minimum Gasteiger partial charge on any atom is -0.330 e. The highest BCUT2D eigenvalue weighted by Crippen LogP contribution is 2.09. The van der Waals surface area contributed by atoms with Crippen LogP contribution in [0.2, 0.25) is 0 Å². The van der Waals surface area contributed by atoms with E-state index in [1.54, 1.807) is 0 Å². The van der Waals surface area contributed by atoms with Gasteiger partial charge < -0.3 is 10.6 Å². The smallest absolute Gasteiger partial charge is 0.0764 e. The molecule has 0 amide bonds. The predicted octanol–water partition coefficient (Wildman–Crippen LogP) is 0.523. The van der Waals surface area contributed by atoms with Gasteiger partial charge in [0.15, 0.2) is 0 Å². The Morgan fingerprint density at radius 3 is 2.68 bits per heavy atom. The van der Waals surface area contributed by atoms with Crippen LogP contribution in [0, 0.1) is 5.92 Å². The van der Waals surface area contributed by atoms with Crippen molar-refractivity contribution < 1.29 is 0 Å². The molecule has 19 heavy (non-hydrogen) atoms. The van der Waals surface area contributed by atoms with Gasteiger partial charge in [-0.05, 0) is 38.0 Å². The molecule has 1 aromatic heterocycles. The second-order valence-corrected chi connectivity index (χ2v) is 5.75. The summed E-state index contributed by atoms with van der Waals surface area (Å²) in [6.45, 7) is 9.78. The largest absolute Gasteiger partial charge is 0.330 e. The molecule has 0 aliphatic carbocycles. The van der Waals surface area contributed by atoms with Crippen LogP contribution in [0.3, 0.4) is 0 Å². The first-order chi connectivity index (χ1) is 9.17. The lowest BCUT2D eigenvalue weighted by Crippen LogP contribution is -2.35. The average molecular weight is 265 g/mol. The Balaban J connectivity index is 1.79. The van der Waals surface area contributed by atoms with Crippen molar-refractivity contribution in [1.29, 1.82) is 0 Å². The molecule has 5 heteroatoms. The predicted molar refractivity (Wildman–Crippen MR) is 77.8 cm³/mol. The topological polar surface area (TPSA) is 50.3 Å². The Labute approximate surface area is 116 Å². The molecular weight excluding hydrogens is 238 g/mol. The molecule has 1 fully saturated rings. The first kappa shape index (κ1) is 14.5. The Morgan fingerprint density at radius 1 is 1.26 bits per heavy atom. The van der Waals surface area contributed by atoms with Gasteiger partial charge in [-0.1, -0.05) is 6.92 Å². The Hall–Kier alpha value is -0.910. The number of aromatic nitrogens is 2. The van der Waals surface area contributed by atoms with Gasteiger partial charge in [0, 0.05) is 39.4 Å². The molecule has 1 atom stereocenters. The molecular formula is C14H27N5. The van der Waals surface area contributed by atoms with Crippen molar-refractivity contribution in [3.05, 3.63) is 18.0 Å². The number of nitrogens with zero attached hydrogens (tertiary/aromatic N) is 4. The van der Waals surface area contributed by atoms with Crippen molar-refractivity contribution in [2.24, 2.45) is 18.7 Å². The quantitative estimate of drug-likeness (QED) is 0.843. The Bertz CT molecular complexity index is 376. The second kappa shape index (κ2) is 7.03. The fourth-order valence-corrected chi connectivity index (χ4v) is 2.66. The van der Waals surface area contributed by atoms with Gasteiger partial charge >= 0.3 is 0 Å². The molecule has 2 N–H and O–H groups in total. The van der Waals surface area contributed by atoms with E-state index in [0.29, 0.717) is 5.92 Å². The number of nitrogens with two attached hydrogens (primary N) is 1. The molecule has 0 aromatic carbocycles. The number of aryl methyl sites for hydroxylation is 1. The minimum atomic E-state index is 0.599. The van der Waals surface area contributed by atoms with Crippen molar-refractivity contribution in [2.75, 3.05) is 39.3 Å². The molecule has 108 valence electrons. The van der Waals surface area contributed by atoms with E-state index < -0.39 is 0 Å². The number of rotatable bonds is 5. The van der Waals surface area contributed by atoms with Crippen molar-refractivity contribution in [3.8, 4) is 0 Å². The fraction of sp³-hybridized carbons (Fsp3) is 0.786. The molecule has 1 saturated heterocycles. The van der Waals surface area contributed by atoms with E-state index in [0.717, 1.165) is 32.7 Å². The molecule has 1 aliphatic heterocycles. The van der Waals surface area contributed by atoms with Crippen molar-refractivity contribution in [1.82, 2.24) is 19.6 Å². The summed E-state index contributed by atoms with van der Waals surface area (Å²) in [6, 6.07) is 2.11. The number of hydrogen-bond donors (Lipinski definition) is 1. The molecule has 1 aromatic rings. The zero-order valence-corrected chi connectivity index (χ0v) is 12.3. The van der Waals surface area contributed by atoms with Crippen LogP contribution in [-0.4, -0.2) is 58.8 Å². The maximum absolute atomic E-state index is 5.71. The van der Waals surface area contributed by atoms with E-state index in [1.807, 2.05) is 17.9 Å². The monoisotopic (exact) mass is 265 g/mol. The lowest BCUT2D eigenvalue weighted by molar-refractivity contribution is 0.231. The van der Waals surface area contributed by atoms with Crippen LogP contribution in [0.25, 0.3) is 0 Å². The summed E-state index contributed by atoms with van der Waals surface area (Å²) >= 11 is 0. The molecule has 0 saturated carbocycles. The molecule has 2 heterocycles. The third-order valence-electron chi connectivity index (χ3n) is 3.81. The van der Waals surface area contributed by atoms with Gasteiger partial charge in [0.2, 0.25) is 0 Å². The van der Waals surface area contributed by atoms with Gasteiger partial charge in [-0.15, -0.1) is 0 Å². The van der Waals surface area contributed by atoms with Crippen LogP contribution >= 0.6 is 0 Å². The number of hydrogen-bond acceptors (Lipinski definition) is 4. The lowest BCUT2D eigenvalue weighted by atomic mass is 10.1. The zero-order valence-electron chi connectivity index (χ0n) is 12.3. The molecule has 5 nitrogen and oxygen atoms in total. The van der Waals surface area contributed by atoms with Gasteiger partial charge in [-0.3, -0.25) is 9.58 Å². The third-order valence-corrected chi connectivity index (χ3v) is 3.81.